The molecule has 1 aliphatic rings. The van der Waals surface area contributed by atoms with Gasteiger partial charge >= 0.3 is 0 Å². The number of rotatable bonds is 6. The lowest BCUT2D eigenvalue weighted by Crippen LogP contribution is -2.46. The van der Waals surface area contributed by atoms with Crippen molar-refractivity contribution in [1.82, 2.24) is 20.0 Å². The maximum absolute atomic E-state index is 12.2. The number of hydrogen-bond donors (Lipinski definition) is 2. The van der Waals surface area contributed by atoms with Crippen LogP contribution in [0.2, 0.25) is 0 Å². The van der Waals surface area contributed by atoms with Crippen molar-refractivity contribution in [2.24, 2.45) is 10.9 Å². The zero-order valence-electron chi connectivity index (χ0n) is 17.2. The predicted molar refractivity (Wildman–Crippen MR) is 128 cm³/mol. The number of carbonyl (C=O) groups is 1. The zero-order chi connectivity index (χ0) is 19.8. The number of aliphatic imine (C=N–C) groups is 1. The maximum atomic E-state index is 12.2. The first-order valence-corrected chi connectivity index (χ1v) is 10.0. The van der Waals surface area contributed by atoms with Crippen LogP contribution >= 0.6 is 24.0 Å². The van der Waals surface area contributed by atoms with Gasteiger partial charge in [-0.2, -0.15) is 5.10 Å². The first-order chi connectivity index (χ1) is 13.6. The molecular formula is C21H31IN6O. The number of nitrogens with zero attached hydrogens (tertiary/aromatic N) is 4. The van der Waals surface area contributed by atoms with Crippen molar-refractivity contribution in [2.75, 3.05) is 25.0 Å². The summed E-state index contributed by atoms with van der Waals surface area (Å²) in [6, 6.07) is 9.66. The number of likely N-dealkylation sites (tertiary alicyclic amines) is 1. The minimum atomic E-state index is -0.0972. The molecule has 1 aromatic heterocycles. The van der Waals surface area contributed by atoms with E-state index >= 15 is 0 Å². The first kappa shape index (κ1) is 23.2. The van der Waals surface area contributed by atoms with E-state index in [-0.39, 0.29) is 36.4 Å². The Balaban J connectivity index is 0.00000300. The molecule has 0 saturated carbocycles. The second-order valence-corrected chi connectivity index (χ2v) is 7.32. The molecule has 3 rings (SSSR count). The Hall–Kier alpha value is -2.10. The van der Waals surface area contributed by atoms with Crippen molar-refractivity contribution < 1.29 is 4.79 Å². The second-order valence-electron chi connectivity index (χ2n) is 7.32. The number of guanidine groups is 1. The third-order valence-electron chi connectivity index (χ3n) is 4.78. The quantitative estimate of drug-likeness (QED) is 0.355. The van der Waals surface area contributed by atoms with Crippen LogP contribution in [-0.2, 0) is 17.9 Å². The van der Waals surface area contributed by atoms with Crippen molar-refractivity contribution in [2.45, 2.75) is 39.8 Å². The van der Waals surface area contributed by atoms with E-state index in [0.717, 1.165) is 36.8 Å². The van der Waals surface area contributed by atoms with Crippen LogP contribution in [0.1, 0.15) is 32.3 Å². The van der Waals surface area contributed by atoms with E-state index in [1.165, 1.54) is 12.8 Å². The standard InChI is InChI=1S/C21H30N6O.HI/c1-3-22-21(26-11-5-7-17(2)15-26)23-14-18-8-4-9-19(13-18)25-20(28)16-27-12-6-10-24-27;/h4,6,8-10,12-13,17H,3,5,7,11,14-16H2,1-2H3,(H,22,23)(H,25,28);1H. The molecule has 7 nitrogen and oxygen atoms in total. The number of hydrogen-bond acceptors (Lipinski definition) is 3. The number of piperidine rings is 1. The van der Waals surface area contributed by atoms with Gasteiger partial charge in [-0.25, -0.2) is 4.99 Å². The van der Waals surface area contributed by atoms with Gasteiger partial charge in [-0.1, -0.05) is 19.1 Å². The minimum absolute atomic E-state index is 0. The number of anilines is 1. The van der Waals surface area contributed by atoms with E-state index in [9.17, 15) is 4.79 Å². The van der Waals surface area contributed by atoms with Crippen molar-refractivity contribution in [3.8, 4) is 0 Å². The Morgan fingerprint density at radius 2 is 2.21 bits per heavy atom. The Labute approximate surface area is 190 Å². The van der Waals surface area contributed by atoms with Crippen molar-refractivity contribution in [3.05, 3.63) is 48.3 Å². The summed E-state index contributed by atoms with van der Waals surface area (Å²) in [4.78, 5) is 19.3. The number of nitrogens with one attached hydrogen (secondary N) is 2. The van der Waals surface area contributed by atoms with E-state index in [2.05, 4.69) is 34.5 Å². The van der Waals surface area contributed by atoms with Crippen molar-refractivity contribution in [3.63, 3.8) is 0 Å². The first-order valence-electron chi connectivity index (χ1n) is 10.0. The molecule has 2 N–H and O–H groups in total. The Kier molecular flexibility index (Phi) is 9.43. The molecular weight excluding hydrogens is 479 g/mol. The highest BCUT2D eigenvalue weighted by Gasteiger charge is 2.19. The van der Waals surface area contributed by atoms with E-state index in [1.54, 1.807) is 23.1 Å². The molecule has 0 bridgehead atoms. The lowest BCUT2D eigenvalue weighted by atomic mass is 10.0. The number of aromatic nitrogens is 2. The third-order valence-corrected chi connectivity index (χ3v) is 4.78. The van der Waals surface area contributed by atoms with Crippen LogP contribution in [0, 0.1) is 5.92 Å². The highest BCUT2D eigenvalue weighted by Crippen LogP contribution is 2.16. The van der Waals surface area contributed by atoms with E-state index < -0.39 is 0 Å². The van der Waals surface area contributed by atoms with Crippen LogP contribution in [0.4, 0.5) is 5.69 Å². The molecule has 29 heavy (non-hydrogen) atoms. The highest BCUT2D eigenvalue weighted by molar-refractivity contribution is 14.0. The number of amides is 1. The Morgan fingerprint density at radius 1 is 1.34 bits per heavy atom. The summed E-state index contributed by atoms with van der Waals surface area (Å²) in [5.74, 6) is 1.58. The largest absolute Gasteiger partial charge is 0.357 e. The number of carbonyl (C=O) groups excluding carboxylic acids is 1. The molecule has 0 aliphatic carbocycles. The van der Waals surface area contributed by atoms with Gasteiger partial charge in [0.05, 0.1) is 6.54 Å². The molecule has 8 heteroatoms. The molecule has 1 unspecified atom stereocenters. The normalized spacial score (nSPS) is 16.8. The fourth-order valence-corrected chi connectivity index (χ4v) is 3.46. The van der Waals surface area contributed by atoms with E-state index in [4.69, 9.17) is 4.99 Å². The van der Waals surface area contributed by atoms with Crippen LogP contribution in [0.5, 0.6) is 0 Å². The fraction of sp³-hybridized carbons (Fsp3) is 0.476. The smallest absolute Gasteiger partial charge is 0.246 e. The summed E-state index contributed by atoms with van der Waals surface area (Å²) >= 11 is 0. The van der Waals surface area contributed by atoms with Crippen molar-refractivity contribution >= 4 is 41.5 Å². The number of halogens is 1. The SMILES string of the molecule is CCNC(=NCc1cccc(NC(=O)Cn2cccn2)c1)N1CCCC(C)C1.I. The van der Waals surface area contributed by atoms with Gasteiger partial charge in [-0.05, 0) is 49.4 Å². The maximum Gasteiger partial charge on any atom is 0.246 e. The second kappa shape index (κ2) is 11.8. The number of benzene rings is 1. The summed E-state index contributed by atoms with van der Waals surface area (Å²) in [6.07, 6.45) is 5.94. The average molecular weight is 510 g/mol. The molecule has 1 aliphatic heterocycles. The predicted octanol–water partition coefficient (Wildman–Crippen LogP) is 3.34. The zero-order valence-corrected chi connectivity index (χ0v) is 19.5. The summed E-state index contributed by atoms with van der Waals surface area (Å²) in [5, 5.41) is 10.4. The summed E-state index contributed by atoms with van der Waals surface area (Å²) in [7, 11) is 0. The molecule has 0 radical (unpaired) electrons. The molecule has 1 saturated heterocycles. The topological polar surface area (TPSA) is 74.5 Å². The summed E-state index contributed by atoms with van der Waals surface area (Å²) in [6.45, 7) is 8.13. The van der Waals surface area contributed by atoms with Gasteiger partial charge in [0.2, 0.25) is 5.91 Å². The molecule has 1 amide bonds. The fourth-order valence-electron chi connectivity index (χ4n) is 3.46. The van der Waals surface area contributed by atoms with Gasteiger partial charge in [0.15, 0.2) is 5.96 Å². The highest BCUT2D eigenvalue weighted by atomic mass is 127. The molecule has 0 spiro atoms. The Morgan fingerprint density at radius 3 is 2.93 bits per heavy atom. The molecule has 1 aromatic carbocycles. The molecule has 158 valence electrons. The van der Waals surface area contributed by atoms with Crippen molar-refractivity contribution in [1.29, 1.82) is 0 Å². The van der Waals surface area contributed by atoms with E-state index in [0.29, 0.717) is 12.5 Å². The van der Waals surface area contributed by atoms with E-state index in [1.807, 2.05) is 24.3 Å². The summed E-state index contributed by atoms with van der Waals surface area (Å²) in [5.41, 5.74) is 1.85. The minimum Gasteiger partial charge on any atom is -0.357 e. The van der Waals surface area contributed by atoms with Crippen LogP contribution in [0.25, 0.3) is 0 Å². The van der Waals surface area contributed by atoms with Crippen LogP contribution < -0.4 is 10.6 Å². The van der Waals surface area contributed by atoms with Gasteiger partial charge in [0, 0.05) is 37.7 Å². The van der Waals surface area contributed by atoms with Crippen LogP contribution in [-0.4, -0.2) is 46.2 Å². The lowest BCUT2D eigenvalue weighted by Gasteiger charge is -2.33. The average Bonchev–Trinajstić information content (AvgIpc) is 3.18. The van der Waals surface area contributed by atoms with Gasteiger partial charge < -0.3 is 15.5 Å². The molecule has 2 heterocycles. The summed E-state index contributed by atoms with van der Waals surface area (Å²) < 4.78 is 1.60. The Bertz CT molecular complexity index is 792. The lowest BCUT2D eigenvalue weighted by molar-refractivity contribution is -0.116. The third kappa shape index (κ3) is 7.34. The van der Waals surface area contributed by atoms with Gasteiger partial charge in [0.25, 0.3) is 0 Å². The van der Waals surface area contributed by atoms with Crippen LogP contribution in [0.3, 0.4) is 0 Å². The molecule has 2 aromatic rings. The monoisotopic (exact) mass is 510 g/mol. The molecule has 1 fully saturated rings. The molecule has 1 atom stereocenters. The van der Waals surface area contributed by atoms with Gasteiger partial charge in [-0.15, -0.1) is 24.0 Å². The van der Waals surface area contributed by atoms with Gasteiger partial charge in [-0.3, -0.25) is 9.48 Å². The van der Waals surface area contributed by atoms with Crippen LogP contribution in [0.15, 0.2) is 47.7 Å². The van der Waals surface area contributed by atoms with Gasteiger partial charge in [0.1, 0.15) is 6.54 Å².